The number of aromatic amines is 1. The van der Waals surface area contributed by atoms with E-state index in [0.29, 0.717) is 6.54 Å². The fraction of sp³-hybridized carbons (Fsp3) is 0.125. The van der Waals surface area contributed by atoms with Gasteiger partial charge >= 0.3 is 6.03 Å². The number of carbonyl (C=O) groups is 1. The van der Waals surface area contributed by atoms with Crippen LogP contribution >= 0.6 is 0 Å². The van der Waals surface area contributed by atoms with E-state index in [9.17, 15) is 9.18 Å². The van der Waals surface area contributed by atoms with Crippen LogP contribution in [0.25, 0.3) is 22.0 Å². The van der Waals surface area contributed by atoms with Crippen molar-refractivity contribution in [3.05, 3.63) is 95.4 Å². The number of carbonyl (C=O) groups excluding carboxylic acids is 1. The first kappa shape index (κ1) is 17.5. The van der Waals surface area contributed by atoms with Gasteiger partial charge in [-0.3, -0.25) is 0 Å². The number of nitrogens with zero attached hydrogens (tertiary/aromatic N) is 1. The maximum atomic E-state index is 13.9. The molecule has 4 nitrogen and oxygen atoms in total. The van der Waals surface area contributed by atoms with Crippen LogP contribution in [0, 0.1) is 5.82 Å². The lowest BCUT2D eigenvalue weighted by Gasteiger charge is -2.36. The van der Waals surface area contributed by atoms with Crippen LogP contribution in [0.5, 0.6) is 0 Å². The molecule has 1 aromatic heterocycles. The predicted octanol–water partition coefficient (Wildman–Crippen LogP) is 5.00. The average Bonchev–Trinajstić information content (AvgIpc) is 3.15. The standard InChI is InChI=1S/C24H20FN3O/c25-18-7-9-22-20(13-18)21(14-27-22)23-19-8-6-16(15-4-2-1-3-5-15)12-17(19)10-11-28(23)24(26)29/h1-9,12-14,23,27H,10-11H2,(H2,26,29). The van der Waals surface area contributed by atoms with Crippen molar-refractivity contribution in [1.82, 2.24) is 9.88 Å². The van der Waals surface area contributed by atoms with E-state index in [1.807, 2.05) is 24.4 Å². The smallest absolute Gasteiger partial charge is 0.315 e. The zero-order chi connectivity index (χ0) is 20.0. The molecule has 0 saturated heterocycles. The highest BCUT2D eigenvalue weighted by atomic mass is 19.1. The second kappa shape index (κ2) is 6.78. The minimum atomic E-state index is -0.474. The fourth-order valence-electron chi connectivity index (χ4n) is 4.35. The minimum Gasteiger partial charge on any atom is -0.361 e. The zero-order valence-corrected chi connectivity index (χ0v) is 15.7. The number of halogens is 1. The maximum absolute atomic E-state index is 13.9. The summed E-state index contributed by atoms with van der Waals surface area (Å²) in [6, 6.07) is 20.4. The van der Waals surface area contributed by atoms with Gasteiger partial charge < -0.3 is 15.6 Å². The van der Waals surface area contributed by atoms with Gasteiger partial charge in [0, 0.05) is 29.2 Å². The number of hydrogen-bond acceptors (Lipinski definition) is 1. The molecule has 1 atom stereocenters. The quantitative estimate of drug-likeness (QED) is 0.501. The summed E-state index contributed by atoms with van der Waals surface area (Å²) < 4.78 is 13.9. The first-order chi connectivity index (χ1) is 14.1. The largest absolute Gasteiger partial charge is 0.361 e. The third kappa shape index (κ3) is 2.95. The Morgan fingerprint density at radius 2 is 1.83 bits per heavy atom. The number of nitrogens with one attached hydrogen (secondary N) is 1. The Morgan fingerprint density at radius 1 is 1.00 bits per heavy atom. The normalized spacial score (nSPS) is 16.0. The number of nitrogens with two attached hydrogens (primary N) is 1. The van der Waals surface area contributed by atoms with E-state index in [2.05, 4.69) is 35.3 Å². The van der Waals surface area contributed by atoms with Crippen molar-refractivity contribution >= 4 is 16.9 Å². The molecule has 1 aliphatic heterocycles. The Balaban J connectivity index is 1.67. The SMILES string of the molecule is NC(=O)N1CCc2cc(-c3ccccc3)ccc2C1c1c[nH]c2ccc(F)cc12. The van der Waals surface area contributed by atoms with E-state index in [4.69, 9.17) is 5.73 Å². The van der Waals surface area contributed by atoms with E-state index >= 15 is 0 Å². The second-order valence-corrected chi connectivity index (χ2v) is 7.40. The highest BCUT2D eigenvalue weighted by molar-refractivity contribution is 5.85. The monoisotopic (exact) mass is 385 g/mol. The van der Waals surface area contributed by atoms with Crippen LogP contribution in [-0.4, -0.2) is 22.5 Å². The summed E-state index contributed by atoms with van der Waals surface area (Å²) >= 11 is 0. The lowest BCUT2D eigenvalue weighted by atomic mass is 9.86. The van der Waals surface area contributed by atoms with Gasteiger partial charge in [0.05, 0.1) is 6.04 Å². The summed E-state index contributed by atoms with van der Waals surface area (Å²) in [6.45, 7) is 0.521. The molecule has 144 valence electrons. The molecule has 5 heteroatoms. The van der Waals surface area contributed by atoms with Gasteiger partial charge in [0.25, 0.3) is 0 Å². The highest BCUT2D eigenvalue weighted by Crippen LogP contribution is 2.39. The van der Waals surface area contributed by atoms with Crippen molar-refractivity contribution in [1.29, 1.82) is 0 Å². The van der Waals surface area contributed by atoms with Crippen LogP contribution in [0.3, 0.4) is 0 Å². The van der Waals surface area contributed by atoms with E-state index in [1.54, 1.807) is 11.0 Å². The third-order valence-corrected chi connectivity index (χ3v) is 5.73. The lowest BCUT2D eigenvalue weighted by molar-refractivity contribution is 0.190. The molecule has 0 spiro atoms. The minimum absolute atomic E-state index is 0.306. The number of H-pyrrole nitrogens is 1. The molecule has 1 aliphatic rings. The van der Waals surface area contributed by atoms with Crippen LogP contribution in [0.1, 0.15) is 22.7 Å². The van der Waals surface area contributed by atoms with Crippen molar-refractivity contribution < 1.29 is 9.18 Å². The van der Waals surface area contributed by atoms with Gasteiger partial charge in [0.15, 0.2) is 0 Å². The molecule has 2 amide bonds. The van der Waals surface area contributed by atoms with Crippen LogP contribution in [0.15, 0.2) is 72.9 Å². The molecule has 3 N–H and O–H groups in total. The van der Waals surface area contributed by atoms with Gasteiger partial charge in [0.2, 0.25) is 0 Å². The summed E-state index contributed by atoms with van der Waals surface area (Å²) in [5.41, 5.74) is 11.9. The predicted molar refractivity (Wildman–Crippen MR) is 112 cm³/mol. The Kier molecular flexibility index (Phi) is 4.09. The molecule has 29 heavy (non-hydrogen) atoms. The van der Waals surface area contributed by atoms with Gasteiger partial charge in [-0.15, -0.1) is 0 Å². The Morgan fingerprint density at radius 3 is 2.62 bits per heavy atom. The zero-order valence-electron chi connectivity index (χ0n) is 15.7. The molecule has 0 bridgehead atoms. The topological polar surface area (TPSA) is 62.1 Å². The van der Waals surface area contributed by atoms with Crippen molar-refractivity contribution in [3.63, 3.8) is 0 Å². The average molecular weight is 385 g/mol. The molecule has 0 fully saturated rings. The van der Waals surface area contributed by atoms with Crippen molar-refractivity contribution in [2.24, 2.45) is 5.73 Å². The number of aromatic nitrogens is 1. The third-order valence-electron chi connectivity index (χ3n) is 5.73. The molecule has 0 aliphatic carbocycles. The van der Waals surface area contributed by atoms with Gasteiger partial charge in [0.1, 0.15) is 5.82 Å². The van der Waals surface area contributed by atoms with Gasteiger partial charge in [-0.05, 0) is 46.9 Å². The molecule has 0 radical (unpaired) electrons. The Bertz CT molecular complexity index is 1220. The van der Waals surface area contributed by atoms with Crippen molar-refractivity contribution in [2.45, 2.75) is 12.5 Å². The lowest BCUT2D eigenvalue weighted by Crippen LogP contribution is -2.43. The molecule has 3 aromatic carbocycles. The van der Waals surface area contributed by atoms with Crippen molar-refractivity contribution in [2.75, 3.05) is 6.54 Å². The second-order valence-electron chi connectivity index (χ2n) is 7.40. The Labute approximate surface area is 167 Å². The molecule has 0 saturated carbocycles. The van der Waals surface area contributed by atoms with Crippen LogP contribution in [0.4, 0.5) is 9.18 Å². The number of primary amides is 1. The molecular formula is C24H20FN3O. The van der Waals surface area contributed by atoms with Crippen LogP contribution in [-0.2, 0) is 6.42 Å². The first-order valence-corrected chi connectivity index (χ1v) is 9.62. The summed E-state index contributed by atoms with van der Waals surface area (Å²) in [4.78, 5) is 17.1. The van der Waals surface area contributed by atoms with Gasteiger partial charge in [-0.2, -0.15) is 0 Å². The van der Waals surface area contributed by atoms with E-state index < -0.39 is 6.03 Å². The summed E-state index contributed by atoms with van der Waals surface area (Å²) in [6.07, 6.45) is 2.58. The van der Waals surface area contributed by atoms with Crippen LogP contribution in [0.2, 0.25) is 0 Å². The molecular weight excluding hydrogens is 365 g/mol. The Hall–Kier alpha value is -3.60. The number of amides is 2. The summed E-state index contributed by atoms with van der Waals surface area (Å²) in [7, 11) is 0. The molecule has 1 unspecified atom stereocenters. The molecule has 2 heterocycles. The fourth-order valence-corrected chi connectivity index (χ4v) is 4.35. The number of fused-ring (bicyclic) bond motifs is 2. The molecule has 4 aromatic rings. The van der Waals surface area contributed by atoms with Gasteiger partial charge in [-0.1, -0.05) is 48.5 Å². The summed E-state index contributed by atoms with van der Waals surface area (Å²) in [5, 5.41) is 0.765. The molecule has 5 rings (SSSR count). The van der Waals surface area contributed by atoms with E-state index in [1.165, 1.54) is 17.7 Å². The first-order valence-electron chi connectivity index (χ1n) is 9.62. The van der Waals surface area contributed by atoms with Crippen molar-refractivity contribution in [3.8, 4) is 11.1 Å². The van der Waals surface area contributed by atoms with Gasteiger partial charge in [-0.25, -0.2) is 9.18 Å². The maximum Gasteiger partial charge on any atom is 0.315 e. The number of benzene rings is 3. The highest BCUT2D eigenvalue weighted by Gasteiger charge is 2.32. The number of hydrogen-bond donors (Lipinski definition) is 2. The summed E-state index contributed by atoms with van der Waals surface area (Å²) in [5.74, 6) is -0.306. The number of urea groups is 1. The van der Waals surface area contributed by atoms with E-state index in [-0.39, 0.29) is 11.9 Å². The number of rotatable bonds is 2. The van der Waals surface area contributed by atoms with E-state index in [0.717, 1.165) is 39.6 Å². The van der Waals surface area contributed by atoms with Crippen LogP contribution < -0.4 is 5.73 Å².